The molecule has 0 aromatic rings. The maximum atomic E-state index is 10.5. The van der Waals surface area contributed by atoms with Crippen molar-refractivity contribution in [3.63, 3.8) is 0 Å². The van der Waals surface area contributed by atoms with Crippen LogP contribution in [0.15, 0.2) is 0 Å². The van der Waals surface area contributed by atoms with E-state index in [2.05, 4.69) is 4.90 Å². The highest BCUT2D eigenvalue weighted by Gasteiger charge is 2.30. The standard InChI is InChI=1S/C11H19NO2/c13-11(14)4-5-12-7-9-2-1-3-10(6-9)8-12/h9-10H,1-8H2,(H,13,14)/t9-,10-/m0/s1. The molecular formula is C11H19NO2. The van der Waals surface area contributed by atoms with Crippen LogP contribution in [0.1, 0.15) is 32.1 Å². The Morgan fingerprint density at radius 2 is 1.93 bits per heavy atom. The van der Waals surface area contributed by atoms with Crippen molar-refractivity contribution >= 4 is 5.97 Å². The molecule has 0 unspecified atom stereocenters. The molecule has 1 saturated heterocycles. The third-order valence-corrected chi connectivity index (χ3v) is 3.57. The molecular weight excluding hydrogens is 178 g/mol. The van der Waals surface area contributed by atoms with Crippen molar-refractivity contribution in [1.82, 2.24) is 4.90 Å². The smallest absolute Gasteiger partial charge is 0.304 e. The SMILES string of the molecule is O=C(O)CCN1C[C@H]2CCC[C@@H](C2)C1. The number of likely N-dealkylation sites (tertiary alicyclic amines) is 1. The number of nitrogens with zero attached hydrogens (tertiary/aromatic N) is 1. The Kier molecular flexibility index (Phi) is 3.06. The fourth-order valence-electron chi connectivity index (χ4n) is 2.98. The molecule has 2 fully saturated rings. The van der Waals surface area contributed by atoms with Crippen LogP contribution in [-0.2, 0) is 4.79 Å². The lowest BCUT2D eigenvalue weighted by Gasteiger charge is -2.41. The highest BCUT2D eigenvalue weighted by molar-refractivity contribution is 5.66. The minimum atomic E-state index is -0.666. The predicted octanol–water partition coefficient (Wildman–Crippen LogP) is 1.58. The van der Waals surface area contributed by atoms with E-state index < -0.39 is 5.97 Å². The summed E-state index contributed by atoms with van der Waals surface area (Å²) in [6.45, 7) is 3.04. The van der Waals surface area contributed by atoms with Crippen molar-refractivity contribution < 1.29 is 9.90 Å². The number of piperidine rings is 1. The molecule has 2 atom stereocenters. The van der Waals surface area contributed by atoms with Crippen molar-refractivity contribution in [2.24, 2.45) is 11.8 Å². The summed E-state index contributed by atoms with van der Waals surface area (Å²) in [6, 6.07) is 0. The molecule has 0 aromatic carbocycles. The van der Waals surface area contributed by atoms with E-state index in [0.29, 0.717) is 6.42 Å². The lowest BCUT2D eigenvalue weighted by molar-refractivity contribution is -0.137. The van der Waals surface area contributed by atoms with Crippen LogP contribution in [0.2, 0.25) is 0 Å². The molecule has 80 valence electrons. The number of carboxylic acids is 1. The quantitative estimate of drug-likeness (QED) is 0.746. The van der Waals surface area contributed by atoms with Gasteiger partial charge in [0.15, 0.2) is 0 Å². The molecule has 2 aliphatic rings. The second-order valence-corrected chi connectivity index (χ2v) is 4.80. The Hall–Kier alpha value is -0.570. The van der Waals surface area contributed by atoms with Gasteiger partial charge >= 0.3 is 5.97 Å². The van der Waals surface area contributed by atoms with E-state index in [-0.39, 0.29) is 0 Å². The van der Waals surface area contributed by atoms with Crippen LogP contribution < -0.4 is 0 Å². The van der Waals surface area contributed by atoms with Crippen molar-refractivity contribution in [2.45, 2.75) is 32.1 Å². The summed E-state index contributed by atoms with van der Waals surface area (Å²) >= 11 is 0. The van der Waals surface area contributed by atoms with Crippen LogP contribution in [0, 0.1) is 11.8 Å². The summed E-state index contributed by atoms with van der Waals surface area (Å²) in [5, 5.41) is 8.62. The summed E-state index contributed by atoms with van der Waals surface area (Å²) < 4.78 is 0. The van der Waals surface area contributed by atoms with Crippen LogP contribution in [0.25, 0.3) is 0 Å². The first-order valence-electron chi connectivity index (χ1n) is 5.68. The molecule has 3 nitrogen and oxygen atoms in total. The second kappa shape index (κ2) is 4.30. The number of carbonyl (C=O) groups is 1. The van der Waals surface area contributed by atoms with Crippen molar-refractivity contribution in [2.75, 3.05) is 19.6 Å². The van der Waals surface area contributed by atoms with E-state index in [1.807, 2.05) is 0 Å². The first-order valence-corrected chi connectivity index (χ1v) is 5.68. The van der Waals surface area contributed by atoms with E-state index in [9.17, 15) is 4.79 Å². The Labute approximate surface area is 85.1 Å². The Morgan fingerprint density at radius 3 is 2.50 bits per heavy atom. The van der Waals surface area contributed by atoms with Gasteiger partial charge in [-0.05, 0) is 31.1 Å². The first-order chi connectivity index (χ1) is 6.74. The van der Waals surface area contributed by atoms with Gasteiger partial charge in [-0.2, -0.15) is 0 Å². The third kappa shape index (κ3) is 2.47. The van der Waals surface area contributed by atoms with Gasteiger partial charge in [0.1, 0.15) is 0 Å². The topological polar surface area (TPSA) is 40.5 Å². The lowest BCUT2D eigenvalue weighted by atomic mass is 9.78. The molecule has 2 rings (SSSR count). The van der Waals surface area contributed by atoms with E-state index in [1.165, 1.54) is 25.7 Å². The average Bonchev–Trinajstić information content (AvgIpc) is 2.14. The highest BCUT2D eigenvalue weighted by atomic mass is 16.4. The van der Waals surface area contributed by atoms with Crippen LogP contribution in [-0.4, -0.2) is 35.6 Å². The summed E-state index contributed by atoms with van der Waals surface area (Å²) in [6.07, 6.45) is 5.81. The number of rotatable bonds is 3. The Balaban J connectivity index is 1.80. The maximum Gasteiger partial charge on any atom is 0.304 e. The first kappa shape index (κ1) is 9.97. The average molecular weight is 197 g/mol. The summed E-state index contributed by atoms with van der Waals surface area (Å²) in [5.41, 5.74) is 0. The number of carboxylic acid groups (broad SMARTS) is 1. The van der Waals surface area contributed by atoms with Gasteiger partial charge in [0, 0.05) is 19.6 Å². The molecule has 1 saturated carbocycles. The van der Waals surface area contributed by atoms with Crippen LogP contribution in [0.5, 0.6) is 0 Å². The molecule has 2 bridgehead atoms. The van der Waals surface area contributed by atoms with E-state index >= 15 is 0 Å². The zero-order valence-corrected chi connectivity index (χ0v) is 8.61. The van der Waals surface area contributed by atoms with Gasteiger partial charge in [-0.15, -0.1) is 0 Å². The molecule has 1 aliphatic carbocycles. The lowest BCUT2D eigenvalue weighted by Crippen LogP contribution is -2.43. The molecule has 0 aromatic heterocycles. The molecule has 0 amide bonds. The molecule has 14 heavy (non-hydrogen) atoms. The van der Waals surface area contributed by atoms with Gasteiger partial charge < -0.3 is 10.0 Å². The zero-order chi connectivity index (χ0) is 9.97. The monoisotopic (exact) mass is 197 g/mol. The highest BCUT2D eigenvalue weighted by Crippen LogP contribution is 2.34. The maximum absolute atomic E-state index is 10.5. The fraction of sp³-hybridized carbons (Fsp3) is 0.909. The predicted molar refractivity (Wildman–Crippen MR) is 54.1 cm³/mol. The van der Waals surface area contributed by atoms with Crippen LogP contribution >= 0.6 is 0 Å². The van der Waals surface area contributed by atoms with Gasteiger partial charge in [-0.1, -0.05) is 6.42 Å². The third-order valence-electron chi connectivity index (χ3n) is 3.57. The van der Waals surface area contributed by atoms with Crippen molar-refractivity contribution in [3.05, 3.63) is 0 Å². The second-order valence-electron chi connectivity index (χ2n) is 4.80. The Bertz CT molecular complexity index is 205. The number of aliphatic carboxylic acids is 1. The van der Waals surface area contributed by atoms with Crippen molar-refractivity contribution in [1.29, 1.82) is 0 Å². The molecule has 1 aliphatic heterocycles. The number of hydrogen-bond acceptors (Lipinski definition) is 2. The molecule has 1 heterocycles. The van der Waals surface area contributed by atoms with Gasteiger partial charge in [0.2, 0.25) is 0 Å². The van der Waals surface area contributed by atoms with Crippen LogP contribution in [0.3, 0.4) is 0 Å². The van der Waals surface area contributed by atoms with E-state index in [0.717, 1.165) is 31.5 Å². The largest absolute Gasteiger partial charge is 0.481 e. The minimum absolute atomic E-state index is 0.305. The van der Waals surface area contributed by atoms with Crippen LogP contribution in [0.4, 0.5) is 0 Å². The molecule has 0 radical (unpaired) electrons. The molecule has 3 heteroatoms. The van der Waals surface area contributed by atoms with Gasteiger partial charge in [-0.3, -0.25) is 4.79 Å². The van der Waals surface area contributed by atoms with Gasteiger partial charge in [0.25, 0.3) is 0 Å². The van der Waals surface area contributed by atoms with Gasteiger partial charge in [-0.25, -0.2) is 0 Å². The summed E-state index contributed by atoms with van der Waals surface area (Å²) in [7, 11) is 0. The van der Waals surface area contributed by atoms with E-state index in [4.69, 9.17) is 5.11 Å². The normalized spacial score (nSPS) is 32.9. The zero-order valence-electron chi connectivity index (χ0n) is 8.61. The number of hydrogen-bond donors (Lipinski definition) is 1. The number of fused-ring (bicyclic) bond motifs is 2. The Morgan fingerprint density at radius 1 is 1.29 bits per heavy atom. The summed E-state index contributed by atoms with van der Waals surface area (Å²) in [5.74, 6) is 1.05. The van der Waals surface area contributed by atoms with Gasteiger partial charge in [0.05, 0.1) is 6.42 Å². The molecule has 1 N–H and O–H groups in total. The fourth-order valence-corrected chi connectivity index (χ4v) is 2.98. The molecule has 0 spiro atoms. The summed E-state index contributed by atoms with van der Waals surface area (Å²) in [4.78, 5) is 12.8. The van der Waals surface area contributed by atoms with Crippen molar-refractivity contribution in [3.8, 4) is 0 Å². The van der Waals surface area contributed by atoms with E-state index in [1.54, 1.807) is 0 Å². The minimum Gasteiger partial charge on any atom is -0.481 e.